The minimum atomic E-state index is -4.03. The summed E-state index contributed by atoms with van der Waals surface area (Å²) in [6.07, 6.45) is 7.46. The molecule has 3 aromatic rings. The summed E-state index contributed by atoms with van der Waals surface area (Å²) in [5.41, 5.74) is 6.45. The van der Waals surface area contributed by atoms with Crippen molar-refractivity contribution in [3.8, 4) is 0 Å². The average molecular weight is 456 g/mol. The lowest BCUT2D eigenvalue weighted by Gasteiger charge is -2.26. The number of carbonyl (C=O) groups excluding carboxylic acids is 1. The molecular weight excluding hydrogens is 426 g/mol. The molecule has 0 aliphatic heterocycles. The van der Waals surface area contributed by atoms with E-state index in [9.17, 15) is 13.2 Å². The van der Waals surface area contributed by atoms with Gasteiger partial charge in [-0.2, -0.15) is 0 Å². The lowest BCUT2D eigenvalue weighted by molar-refractivity contribution is 0.0994. The quantitative estimate of drug-likeness (QED) is 0.586. The lowest BCUT2D eigenvalue weighted by Crippen LogP contribution is -2.22. The van der Waals surface area contributed by atoms with Gasteiger partial charge < -0.3 is 10.3 Å². The maximum atomic E-state index is 13.1. The van der Waals surface area contributed by atoms with Crippen LogP contribution in [0.15, 0.2) is 40.5 Å². The zero-order valence-corrected chi connectivity index (χ0v) is 19.5. The van der Waals surface area contributed by atoms with Gasteiger partial charge in [0.15, 0.2) is 0 Å². The molecule has 32 heavy (non-hydrogen) atoms. The minimum absolute atomic E-state index is 0.0365. The molecule has 1 aromatic carbocycles. The third-order valence-electron chi connectivity index (χ3n) is 5.99. The van der Waals surface area contributed by atoms with Crippen LogP contribution in [-0.2, 0) is 21.8 Å². The zero-order valence-electron chi connectivity index (χ0n) is 18.7. The highest BCUT2D eigenvalue weighted by Gasteiger charge is 2.28. The number of sulfone groups is 1. The predicted molar refractivity (Wildman–Crippen MR) is 121 cm³/mol. The second-order valence-electron chi connectivity index (χ2n) is 9.54. The number of aromatic nitrogens is 4. The number of imidazole rings is 1. The average Bonchev–Trinajstić information content (AvgIpc) is 3.13. The van der Waals surface area contributed by atoms with Crippen LogP contribution in [0.1, 0.15) is 69.2 Å². The molecule has 1 saturated carbocycles. The number of nitrogens with two attached hydrogens (primary N) is 1. The highest BCUT2D eigenvalue weighted by molar-refractivity contribution is 7.91. The summed E-state index contributed by atoms with van der Waals surface area (Å²) in [6.45, 7) is 7.24. The van der Waals surface area contributed by atoms with Gasteiger partial charge in [0, 0.05) is 18.2 Å². The highest BCUT2D eigenvalue weighted by atomic mass is 32.2. The number of rotatable bonds is 5. The number of hydrogen-bond donors (Lipinski definition) is 1. The van der Waals surface area contributed by atoms with Gasteiger partial charge in [-0.3, -0.25) is 4.79 Å². The second-order valence-corrected chi connectivity index (χ2v) is 11.4. The predicted octanol–water partition coefficient (Wildman–Crippen LogP) is 3.64. The second kappa shape index (κ2) is 8.27. The lowest BCUT2D eigenvalue weighted by atomic mass is 9.88. The summed E-state index contributed by atoms with van der Waals surface area (Å²) in [5, 5.41) is -0.453. The Morgan fingerprint density at radius 1 is 1.12 bits per heavy atom. The van der Waals surface area contributed by atoms with Crippen LogP contribution >= 0.6 is 0 Å². The number of nitrogens with zero attached hydrogens (tertiary/aromatic N) is 4. The van der Waals surface area contributed by atoms with Gasteiger partial charge in [-0.15, -0.1) is 0 Å². The van der Waals surface area contributed by atoms with Crippen LogP contribution in [0.5, 0.6) is 0 Å². The molecule has 1 aliphatic rings. The monoisotopic (exact) mass is 455 g/mol. The van der Waals surface area contributed by atoms with Crippen molar-refractivity contribution in [3.63, 3.8) is 0 Å². The van der Waals surface area contributed by atoms with Crippen LogP contribution < -0.4 is 5.73 Å². The van der Waals surface area contributed by atoms with Crippen molar-refractivity contribution >= 4 is 26.8 Å². The van der Waals surface area contributed by atoms with E-state index in [1.807, 2.05) is 6.07 Å². The Hall–Kier alpha value is -2.81. The van der Waals surface area contributed by atoms with E-state index < -0.39 is 20.9 Å². The Balaban J connectivity index is 1.79. The smallest absolute Gasteiger partial charge is 0.267 e. The minimum Gasteiger partial charge on any atom is -0.364 e. The van der Waals surface area contributed by atoms with Crippen molar-refractivity contribution in [2.75, 3.05) is 0 Å². The Morgan fingerprint density at radius 2 is 1.84 bits per heavy atom. The Bertz CT molecular complexity index is 1270. The number of amides is 1. The summed E-state index contributed by atoms with van der Waals surface area (Å²) in [5.74, 6) is 0.741. The van der Waals surface area contributed by atoms with Gasteiger partial charge in [-0.05, 0) is 43.0 Å². The number of benzene rings is 1. The maximum Gasteiger partial charge on any atom is 0.267 e. The van der Waals surface area contributed by atoms with E-state index in [0.717, 1.165) is 17.9 Å². The molecule has 0 spiro atoms. The molecule has 0 atom stereocenters. The molecule has 9 heteroatoms. The molecule has 0 unspecified atom stereocenters. The van der Waals surface area contributed by atoms with E-state index in [2.05, 4.69) is 35.3 Å². The number of primary amides is 1. The molecule has 170 valence electrons. The molecule has 2 heterocycles. The van der Waals surface area contributed by atoms with Crippen molar-refractivity contribution < 1.29 is 13.2 Å². The van der Waals surface area contributed by atoms with Crippen molar-refractivity contribution in [2.45, 2.75) is 74.9 Å². The standard InChI is InChI=1S/C23H29N5O3S/c1-23(2,3)21-26-18-13-16(32(30,31)22-25-12-11-17(27-22)20(24)29)9-10-19(18)28(21)14-15-7-5-4-6-8-15/h9-13,15H,4-8,14H2,1-3H3,(H2,24,29). The summed E-state index contributed by atoms with van der Waals surface area (Å²) in [6, 6.07) is 6.22. The molecule has 0 saturated heterocycles. The molecule has 8 nitrogen and oxygen atoms in total. The van der Waals surface area contributed by atoms with Crippen molar-refractivity contribution in [1.82, 2.24) is 19.5 Å². The fourth-order valence-corrected chi connectivity index (χ4v) is 5.52. The zero-order chi connectivity index (χ0) is 23.1. The van der Waals surface area contributed by atoms with Gasteiger partial charge in [0.05, 0.1) is 15.9 Å². The summed E-state index contributed by atoms with van der Waals surface area (Å²) >= 11 is 0. The van der Waals surface area contributed by atoms with E-state index in [0.29, 0.717) is 11.4 Å². The first-order chi connectivity index (χ1) is 15.1. The fourth-order valence-electron chi connectivity index (χ4n) is 4.37. The Labute approximate surface area is 188 Å². The molecule has 1 fully saturated rings. The van der Waals surface area contributed by atoms with E-state index in [1.54, 1.807) is 12.1 Å². The van der Waals surface area contributed by atoms with Crippen molar-refractivity contribution in [3.05, 3.63) is 42.0 Å². The third-order valence-corrected chi connectivity index (χ3v) is 7.54. The molecular formula is C23H29N5O3S. The van der Waals surface area contributed by atoms with Gasteiger partial charge in [-0.1, -0.05) is 40.0 Å². The van der Waals surface area contributed by atoms with Gasteiger partial charge >= 0.3 is 0 Å². The van der Waals surface area contributed by atoms with Crippen LogP contribution in [0.2, 0.25) is 0 Å². The molecule has 1 amide bonds. The van der Waals surface area contributed by atoms with Crippen LogP contribution in [-0.4, -0.2) is 33.8 Å². The van der Waals surface area contributed by atoms with Gasteiger partial charge in [-0.25, -0.2) is 23.4 Å². The highest BCUT2D eigenvalue weighted by Crippen LogP contribution is 2.32. The number of fused-ring (bicyclic) bond motifs is 1. The summed E-state index contributed by atoms with van der Waals surface area (Å²) in [7, 11) is -4.03. The third kappa shape index (κ3) is 4.26. The molecule has 1 aliphatic carbocycles. The number of carbonyl (C=O) groups is 1. The molecule has 0 radical (unpaired) electrons. The van der Waals surface area contributed by atoms with Gasteiger partial charge in [0.2, 0.25) is 9.84 Å². The maximum absolute atomic E-state index is 13.1. The topological polar surface area (TPSA) is 121 Å². The first kappa shape index (κ1) is 22.4. The molecule has 0 bridgehead atoms. The van der Waals surface area contributed by atoms with Crippen molar-refractivity contribution in [1.29, 1.82) is 0 Å². The molecule has 4 rings (SSSR count). The van der Waals surface area contributed by atoms with Gasteiger partial charge in [0.1, 0.15) is 11.5 Å². The first-order valence-corrected chi connectivity index (χ1v) is 12.4. The van der Waals surface area contributed by atoms with Crippen LogP contribution in [0.25, 0.3) is 11.0 Å². The van der Waals surface area contributed by atoms with Crippen molar-refractivity contribution in [2.24, 2.45) is 11.7 Å². The largest absolute Gasteiger partial charge is 0.364 e. The van der Waals surface area contributed by atoms with E-state index in [1.165, 1.54) is 44.4 Å². The molecule has 2 N–H and O–H groups in total. The Morgan fingerprint density at radius 3 is 2.50 bits per heavy atom. The van der Waals surface area contributed by atoms with E-state index >= 15 is 0 Å². The molecule has 2 aromatic heterocycles. The van der Waals surface area contributed by atoms with E-state index in [-0.39, 0.29) is 16.0 Å². The van der Waals surface area contributed by atoms with Crippen LogP contribution in [0.4, 0.5) is 0 Å². The van der Waals surface area contributed by atoms with Gasteiger partial charge in [0.25, 0.3) is 11.1 Å². The SMILES string of the molecule is CC(C)(C)c1nc2cc(S(=O)(=O)c3nccc(C(N)=O)n3)ccc2n1CC1CCCCC1. The van der Waals surface area contributed by atoms with Crippen LogP contribution in [0, 0.1) is 5.92 Å². The summed E-state index contributed by atoms with van der Waals surface area (Å²) < 4.78 is 28.5. The fraction of sp³-hybridized carbons (Fsp3) is 0.478. The normalized spacial score (nSPS) is 15.8. The van der Waals surface area contributed by atoms with E-state index in [4.69, 9.17) is 10.7 Å². The number of hydrogen-bond acceptors (Lipinski definition) is 6. The summed E-state index contributed by atoms with van der Waals surface area (Å²) in [4.78, 5) is 24.0. The first-order valence-electron chi connectivity index (χ1n) is 11.0. The Kier molecular flexibility index (Phi) is 5.79. The van der Waals surface area contributed by atoms with Crippen LogP contribution in [0.3, 0.4) is 0 Å².